The molecule has 0 unspecified atom stereocenters. The van der Waals surface area contributed by atoms with Gasteiger partial charge in [0, 0.05) is 32.9 Å². The predicted molar refractivity (Wildman–Crippen MR) is 99.0 cm³/mol. The number of nitrogens with one attached hydrogen (secondary N) is 1. The summed E-state index contributed by atoms with van der Waals surface area (Å²) in [6.07, 6.45) is 13.1. The van der Waals surface area contributed by atoms with Crippen LogP contribution in [-0.2, 0) is 13.6 Å². The van der Waals surface area contributed by atoms with Gasteiger partial charge in [0.15, 0.2) is 5.96 Å². The minimum atomic E-state index is 0.539. The van der Waals surface area contributed by atoms with Crippen LogP contribution in [0.2, 0.25) is 0 Å². The maximum atomic E-state index is 4.91. The molecule has 0 atom stereocenters. The molecule has 1 spiro atoms. The zero-order valence-electron chi connectivity index (χ0n) is 15.4. The van der Waals surface area contributed by atoms with Crippen molar-refractivity contribution in [2.24, 2.45) is 17.5 Å². The van der Waals surface area contributed by atoms with E-state index in [-0.39, 0.29) is 0 Å². The van der Waals surface area contributed by atoms with E-state index in [1.54, 1.807) is 0 Å². The monoisotopic (exact) mass is 331 g/mol. The van der Waals surface area contributed by atoms with Gasteiger partial charge in [0.05, 0.1) is 12.2 Å². The van der Waals surface area contributed by atoms with E-state index in [9.17, 15) is 0 Å². The number of piperidine rings is 1. The standard InChI is InChI=1S/C19H33N5/c1-3-20-18(21-15-17-9-13-22-23(17)2)24-14-8-12-19(16-24)10-6-4-5-7-11-19/h9,13H,3-8,10-12,14-16H2,1-2H3,(H,20,21). The number of aliphatic imine (C=N–C) groups is 1. The first-order valence-electron chi connectivity index (χ1n) is 9.73. The first kappa shape index (κ1) is 17.3. The SMILES string of the molecule is CCNC(=NCc1ccnn1C)N1CCCC2(CCCCCC2)C1. The van der Waals surface area contributed by atoms with Gasteiger partial charge in [0.25, 0.3) is 0 Å². The highest BCUT2D eigenvalue weighted by atomic mass is 15.3. The second-order valence-corrected chi connectivity index (χ2v) is 7.56. The van der Waals surface area contributed by atoms with Crippen molar-refractivity contribution in [1.82, 2.24) is 20.0 Å². The van der Waals surface area contributed by atoms with E-state index in [0.29, 0.717) is 12.0 Å². The summed E-state index contributed by atoms with van der Waals surface area (Å²) >= 11 is 0. The van der Waals surface area contributed by atoms with E-state index in [4.69, 9.17) is 4.99 Å². The van der Waals surface area contributed by atoms with Gasteiger partial charge < -0.3 is 10.2 Å². The number of aryl methyl sites for hydroxylation is 1. The Morgan fingerprint density at radius 1 is 1.21 bits per heavy atom. The van der Waals surface area contributed by atoms with Crippen LogP contribution in [0.25, 0.3) is 0 Å². The molecule has 5 heteroatoms. The smallest absolute Gasteiger partial charge is 0.194 e. The summed E-state index contributed by atoms with van der Waals surface area (Å²) in [7, 11) is 1.99. The van der Waals surface area contributed by atoms with Gasteiger partial charge in [-0.05, 0) is 44.1 Å². The topological polar surface area (TPSA) is 45.5 Å². The third-order valence-electron chi connectivity index (χ3n) is 5.77. The fourth-order valence-electron chi connectivity index (χ4n) is 4.41. The zero-order chi connectivity index (χ0) is 16.8. The average Bonchev–Trinajstić information content (AvgIpc) is 2.87. The molecule has 1 aromatic rings. The molecule has 1 saturated heterocycles. The van der Waals surface area contributed by atoms with E-state index >= 15 is 0 Å². The van der Waals surface area contributed by atoms with Crippen LogP contribution in [0.4, 0.5) is 0 Å². The predicted octanol–water partition coefficient (Wildman–Crippen LogP) is 3.32. The maximum Gasteiger partial charge on any atom is 0.194 e. The van der Waals surface area contributed by atoms with E-state index in [1.807, 2.05) is 17.9 Å². The van der Waals surface area contributed by atoms with Gasteiger partial charge in [-0.1, -0.05) is 25.7 Å². The van der Waals surface area contributed by atoms with E-state index in [0.717, 1.165) is 24.7 Å². The highest BCUT2D eigenvalue weighted by Crippen LogP contribution is 2.42. The molecular weight excluding hydrogens is 298 g/mol. The number of nitrogens with zero attached hydrogens (tertiary/aromatic N) is 4. The molecule has 1 aliphatic heterocycles. The number of guanidine groups is 1. The van der Waals surface area contributed by atoms with Crippen LogP contribution in [0.3, 0.4) is 0 Å². The van der Waals surface area contributed by atoms with Gasteiger partial charge in [-0.3, -0.25) is 4.68 Å². The molecule has 1 aliphatic carbocycles. The number of likely N-dealkylation sites (tertiary alicyclic amines) is 1. The van der Waals surface area contributed by atoms with Gasteiger partial charge in [-0.15, -0.1) is 0 Å². The fraction of sp³-hybridized carbons (Fsp3) is 0.789. The minimum Gasteiger partial charge on any atom is -0.357 e. The van der Waals surface area contributed by atoms with Crippen molar-refractivity contribution in [3.8, 4) is 0 Å². The first-order valence-corrected chi connectivity index (χ1v) is 9.73. The summed E-state index contributed by atoms with van der Waals surface area (Å²) in [4.78, 5) is 7.44. The maximum absolute atomic E-state index is 4.91. The molecule has 0 amide bonds. The summed E-state index contributed by atoms with van der Waals surface area (Å²) in [5.41, 5.74) is 1.70. The highest BCUT2D eigenvalue weighted by molar-refractivity contribution is 5.80. The van der Waals surface area contributed by atoms with Crippen LogP contribution in [0.15, 0.2) is 17.3 Å². The molecule has 1 N–H and O–H groups in total. The average molecular weight is 332 g/mol. The number of aromatic nitrogens is 2. The molecule has 1 aromatic heterocycles. The van der Waals surface area contributed by atoms with Crippen molar-refractivity contribution in [3.63, 3.8) is 0 Å². The normalized spacial score (nSPS) is 21.8. The molecule has 0 radical (unpaired) electrons. The Bertz CT molecular complexity index is 540. The molecule has 1 saturated carbocycles. The van der Waals surface area contributed by atoms with Crippen LogP contribution in [0.1, 0.15) is 64.0 Å². The van der Waals surface area contributed by atoms with Crippen molar-refractivity contribution in [3.05, 3.63) is 18.0 Å². The van der Waals surface area contributed by atoms with Crippen molar-refractivity contribution < 1.29 is 0 Å². The molecule has 24 heavy (non-hydrogen) atoms. The molecule has 2 fully saturated rings. The Balaban J connectivity index is 1.71. The zero-order valence-corrected chi connectivity index (χ0v) is 15.4. The van der Waals surface area contributed by atoms with Crippen LogP contribution in [0, 0.1) is 5.41 Å². The second kappa shape index (κ2) is 8.04. The van der Waals surface area contributed by atoms with Crippen LogP contribution in [0.5, 0.6) is 0 Å². The van der Waals surface area contributed by atoms with Gasteiger partial charge in [0.1, 0.15) is 0 Å². The third kappa shape index (κ3) is 4.11. The Labute approximate surface area is 146 Å². The van der Waals surface area contributed by atoms with Crippen molar-refractivity contribution in [2.45, 2.75) is 64.8 Å². The van der Waals surface area contributed by atoms with Crippen molar-refractivity contribution >= 4 is 5.96 Å². The molecule has 134 valence electrons. The molecular formula is C19H33N5. The van der Waals surface area contributed by atoms with E-state index in [2.05, 4.69) is 28.3 Å². The van der Waals surface area contributed by atoms with Gasteiger partial charge in [-0.2, -0.15) is 5.10 Å². The molecule has 0 aromatic carbocycles. The Morgan fingerprint density at radius 2 is 1.96 bits per heavy atom. The lowest BCUT2D eigenvalue weighted by Gasteiger charge is -2.44. The third-order valence-corrected chi connectivity index (χ3v) is 5.77. The molecule has 2 heterocycles. The summed E-state index contributed by atoms with van der Waals surface area (Å²) < 4.78 is 1.91. The lowest BCUT2D eigenvalue weighted by Crippen LogP contribution is -2.50. The number of hydrogen-bond donors (Lipinski definition) is 1. The highest BCUT2D eigenvalue weighted by Gasteiger charge is 2.36. The van der Waals surface area contributed by atoms with Crippen molar-refractivity contribution in [2.75, 3.05) is 19.6 Å². The lowest BCUT2D eigenvalue weighted by atomic mass is 9.74. The first-order chi connectivity index (χ1) is 11.7. The lowest BCUT2D eigenvalue weighted by molar-refractivity contribution is 0.115. The molecule has 0 bridgehead atoms. The van der Waals surface area contributed by atoms with E-state index < -0.39 is 0 Å². The Kier molecular flexibility index (Phi) is 5.80. The molecule has 5 nitrogen and oxygen atoms in total. The second-order valence-electron chi connectivity index (χ2n) is 7.56. The fourth-order valence-corrected chi connectivity index (χ4v) is 4.41. The van der Waals surface area contributed by atoms with Crippen LogP contribution >= 0.6 is 0 Å². The quantitative estimate of drug-likeness (QED) is 0.682. The molecule has 2 aliphatic rings. The summed E-state index contributed by atoms with van der Waals surface area (Å²) in [6.45, 7) is 6.10. The number of hydrogen-bond acceptors (Lipinski definition) is 2. The Morgan fingerprint density at radius 3 is 2.62 bits per heavy atom. The van der Waals surface area contributed by atoms with Gasteiger partial charge in [0.2, 0.25) is 0 Å². The summed E-state index contributed by atoms with van der Waals surface area (Å²) in [6, 6.07) is 2.05. The number of rotatable bonds is 3. The summed E-state index contributed by atoms with van der Waals surface area (Å²) in [5, 5.41) is 7.76. The largest absolute Gasteiger partial charge is 0.357 e. The van der Waals surface area contributed by atoms with Crippen LogP contribution in [-0.4, -0.2) is 40.3 Å². The van der Waals surface area contributed by atoms with E-state index in [1.165, 1.54) is 57.9 Å². The van der Waals surface area contributed by atoms with Crippen LogP contribution < -0.4 is 5.32 Å². The minimum absolute atomic E-state index is 0.539. The van der Waals surface area contributed by atoms with Gasteiger partial charge >= 0.3 is 0 Å². The summed E-state index contributed by atoms with van der Waals surface area (Å²) in [5.74, 6) is 1.09. The Hall–Kier alpha value is -1.52. The van der Waals surface area contributed by atoms with Crippen molar-refractivity contribution in [1.29, 1.82) is 0 Å². The van der Waals surface area contributed by atoms with Gasteiger partial charge in [-0.25, -0.2) is 4.99 Å². The molecule has 3 rings (SSSR count).